The van der Waals surface area contributed by atoms with E-state index in [1.54, 1.807) is 5.82 Å². The van der Waals surface area contributed by atoms with Crippen molar-refractivity contribution in [3.63, 3.8) is 0 Å². The fourth-order valence-corrected chi connectivity index (χ4v) is 4.09. The average Bonchev–Trinajstić information content (AvgIpc) is 3.05. The first kappa shape index (κ1) is 24.2. The molecule has 0 bridgehead atoms. The highest BCUT2D eigenvalue weighted by Gasteiger charge is 2.15. The van der Waals surface area contributed by atoms with Crippen LogP contribution in [0, 0.1) is 0 Å². The second-order valence-corrected chi connectivity index (χ2v) is 8.45. The molecule has 0 radical (unpaired) electrons. The topological polar surface area (TPSA) is 8.81 Å². The van der Waals surface area contributed by atoms with Gasteiger partial charge in [0.05, 0.1) is 13.1 Å². The van der Waals surface area contributed by atoms with E-state index in [9.17, 15) is 0 Å². The third kappa shape index (κ3) is 11.6. The molecule has 0 amide bonds. The second kappa shape index (κ2) is 17.3. The van der Waals surface area contributed by atoms with Crippen LogP contribution in [0.25, 0.3) is 0 Å². The highest BCUT2D eigenvalue weighted by Crippen LogP contribution is 2.13. The Balaban J connectivity index is 2.13. The Bertz CT molecular complexity index is 436. The molecule has 0 spiro atoms. The van der Waals surface area contributed by atoms with Crippen LogP contribution in [0.5, 0.6) is 0 Å². The molecule has 1 heterocycles. The molecule has 0 unspecified atom stereocenters. The summed E-state index contributed by atoms with van der Waals surface area (Å²) in [5.74, 6) is 1.57. The van der Waals surface area contributed by atoms with E-state index < -0.39 is 0 Å². The van der Waals surface area contributed by atoms with E-state index >= 15 is 0 Å². The molecule has 0 fully saturated rings. The van der Waals surface area contributed by atoms with Gasteiger partial charge < -0.3 is 0 Å². The summed E-state index contributed by atoms with van der Waals surface area (Å²) in [4.78, 5) is 0. The number of rotatable bonds is 19. The van der Waals surface area contributed by atoms with Crippen molar-refractivity contribution in [1.29, 1.82) is 0 Å². The minimum absolute atomic E-state index is 1.17. The van der Waals surface area contributed by atoms with Gasteiger partial charge >= 0.3 is 0 Å². The van der Waals surface area contributed by atoms with Crippen molar-refractivity contribution < 1.29 is 4.57 Å². The Morgan fingerprint density at radius 2 is 1.15 bits per heavy atom. The molecule has 1 aromatic heterocycles. The summed E-state index contributed by atoms with van der Waals surface area (Å²) in [5, 5.41) is 0. The van der Waals surface area contributed by atoms with Gasteiger partial charge in [-0.2, -0.15) is 0 Å². The number of unbranched alkanes of at least 4 members (excludes halogenated alkanes) is 13. The smallest absolute Gasteiger partial charge is 0.234 e. The summed E-state index contributed by atoms with van der Waals surface area (Å²) >= 11 is 0. The van der Waals surface area contributed by atoms with Crippen LogP contribution in [0.2, 0.25) is 0 Å². The predicted octanol–water partition coefficient (Wildman–Crippen LogP) is 7.62. The van der Waals surface area contributed by atoms with Crippen molar-refractivity contribution in [3.8, 4) is 0 Å². The van der Waals surface area contributed by atoms with Gasteiger partial charge in [0.2, 0.25) is 0 Å². The van der Waals surface area contributed by atoms with Crippen molar-refractivity contribution in [3.05, 3.63) is 18.2 Å². The molecule has 0 atom stereocenters. The van der Waals surface area contributed by atoms with Gasteiger partial charge in [0.1, 0.15) is 12.4 Å². The van der Waals surface area contributed by atoms with Crippen LogP contribution in [0.1, 0.15) is 129 Å². The molecule has 2 heteroatoms. The molecular formula is C25H49N2+. The van der Waals surface area contributed by atoms with E-state index in [1.165, 1.54) is 122 Å². The Labute approximate surface area is 170 Å². The van der Waals surface area contributed by atoms with Crippen molar-refractivity contribution in [2.45, 2.75) is 143 Å². The first-order valence-electron chi connectivity index (χ1n) is 12.4. The van der Waals surface area contributed by atoms with Gasteiger partial charge in [-0.05, 0) is 25.7 Å². The summed E-state index contributed by atoms with van der Waals surface area (Å²) in [6, 6.07) is 0. The zero-order valence-corrected chi connectivity index (χ0v) is 19.0. The van der Waals surface area contributed by atoms with Gasteiger partial charge in [-0.15, -0.1) is 0 Å². The zero-order valence-electron chi connectivity index (χ0n) is 19.0. The second-order valence-electron chi connectivity index (χ2n) is 8.45. The maximum atomic E-state index is 2.53. The van der Waals surface area contributed by atoms with Crippen LogP contribution in [-0.4, -0.2) is 4.57 Å². The molecule has 0 aromatic carbocycles. The van der Waals surface area contributed by atoms with Gasteiger partial charge in [0.15, 0.2) is 0 Å². The van der Waals surface area contributed by atoms with Crippen LogP contribution in [0.15, 0.2) is 12.4 Å². The number of nitrogens with zero attached hydrogens (tertiary/aromatic N) is 2. The zero-order chi connectivity index (χ0) is 19.6. The quantitative estimate of drug-likeness (QED) is 0.173. The van der Waals surface area contributed by atoms with Crippen molar-refractivity contribution in [2.24, 2.45) is 0 Å². The van der Waals surface area contributed by atoms with E-state index in [0.29, 0.717) is 0 Å². The maximum absolute atomic E-state index is 2.53. The van der Waals surface area contributed by atoms with Crippen molar-refractivity contribution in [2.75, 3.05) is 0 Å². The number of hydrogen-bond acceptors (Lipinski definition) is 0. The third-order valence-corrected chi connectivity index (χ3v) is 5.81. The van der Waals surface area contributed by atoms with Crippen LogP contribution >= 0.6 is 0 Å². The Morgan fingerprint density at radius 3 is 1.70 bits per heavy atom. The summed E-state index contributed by atoms with van der Waals surface area (Å²) < 4.78 is 5.04. The maximum Gasteiger partial charge on any atom is 0.256 e. The average molecular weight is 378 g/mol. The Morgan fingerprint density at radius 1 is 0.630 bits per heavy atom. The molecule has 1 rings (SSSR count). The molecule has 0 aliphatic rings. The molecule has 0 N–H and O–H groups in total. The molecule has 27 heavy (non-hydrogen) atoms. The molecular weight excluding hydrogens is 328 g/mol. The summed E-state index contributed by atoms with van der Waals surface area (Å²) in [7, 11) is 0. The van der Waals surface area contributed by atoms with Gasteiger partial charge in [0, 0.05) is 6.42 Å². The van der Waals surface area contributed by atoms with Crippen LogP contribution in [-0.2, 0) is 19.5 Å². The van der Waals surface area contributed by atoms with Gasteiger partial charge in [-0.3, -0.25) is 0 Å². The SMILES string of the molecule is CCCCCCCCCCCCCCc1n(CCC)cc[n+]1CCCCC. The fraction of sp³-hybridized carbons (Fsp3) is 0.880. The van der Waals surface area contributed by atoms with E-state index in [2.05, 4.69) is 42.3 Å². The summed E-state index contributed by atoms with van der Waals surface area (Å²) in [6.07, 6.45) is 28.3. The minimum Gasteiger partial charge on any atom is -0.234 e. The van der Waals surface area contributed by atoms with E-state index in [4.69, 9.17) is 0 Å². The largest absolute Gasteiger partial charge is 0.256 e. The lowest BCUT2D eigenvalue weighted by Crippen LogP contribution is -2.37. The molecule has 0 saturated carbocycles. The molecule has 0 aliphatic carbocycles. The lowest BCUT2D eigenvalue weighted by Gasteiger charge is -2.06. The normalized spacial score (nSPS) is 11.4. The number of aryl methyl sites for hydroxylation is 2. The van der Waals surface area contributed by atoms with Gasteiger partial charge in [-0.1, -0.05) is 97.8 Å². The Kier molecular flexibility index (Phi) is 15.6. The minimum atomic E-state index is 1.17. The highest BCUT2D eigenvalue weighted by atomic mass is 15.1. The standard InChI is InChI=1S/C25H49N2/c1-4-7-9-10-11-12-13-14-15-16-17-18-20-25-26(21-6-3)23-24-27(25)22-19-8-5-2/h23-24H,4-22H2,1-3H3/q+1. The summed E-state index contributed by atoms with van der Waals surface area (Å²) in [6.45, 7) is 9.26. The predicted molar refractivity (Wildman–Crippen MR) is 119 cm³/mol. The monoisotopic (exact) mass is 377 g/mol. The number of hydrogen-bond donors (Lipinski definition) is 0. The Hall–Kier alpha value is -0.790. The van der Waals surface area contributed by atoms with Crippen molar-refractivity contribution >= 4 is 0 Å². The fourth-order valence-electron chi connectivity index (χ4n) is 4.09. The van der Waals surface area contributed by atoms with Gasteiger partial charge in [-0.25, -0.2) is 9.13 Å². The highest BCUT2D eigenvalue weighted by molar-refractivity contribution is 4.84. The summed E-state index contributed by atoms with van der Waals surface area (Å²) in [5.41, 5.74) is 0. The van der Waals surface area contributed by atoms with E-state index in [1.807, 2.05) is 0 Å². The van der Waals surface area contributed by atoms with Crippen molar-refractivity contribution in [1.82, 2.24) is 4.57 Å². The molecule has 0 aliphatic heterocycles. The molecule has 0 saturated heterocycles. The third-order valence-electron chi connectivity index (χ3n) is 5.81. The van der Waals surface area contributed by atoms with Crippen LogP contribution < -0.4 is 4.57 Å². The molecule has 1 aromatic rings. The van der Waals surface area contributed by atoms with Crippen LogP contribution in [0.4, 0.5) is 0 Å². The first-order chi connectivity index (χ1) is 13.3. The molecule has 2 nitrogen and oxygen atoms in total. The lowest BCUT2D eigenvalue weighted by molar-refractivity contribution is -0.704. The van der Waals surface area contributed by atoms with Gasteiger partial charge in [0.25, 0.3) is 5.82 Å². The number of imidazole rings is 1. The van der Waals surface area contributed by atoms with E-state index in [-0.39, 0.29) is 0 Å². The van der Waals surface area contributed by atoms with E-state index in [0.717, 1.165) is 0 Å². The number of aromatic nitrogens is 2. The lowest BCUT2D eigenvalue weighted by atomic mass is 10.0. The van der Waals surface area contributed by atoms with Crippen LogP contribution in [0.3, 0.4) is 0 Å². The molecule has 158 valence electrons. The first-order valence-corrected chi connectivity index (χ1v) is 12.4.